The Labute approximate surface area is 338 Å². The molecule has 0 spiro atoms. The van der Waals surface area contributed by atoms with E-state index in [-0.39, 0.29) is 18.1 Å². The minimum absolute atomic E-state index is 0.0425. The maximum absolute atomic E-state index is 14.3. The van der Waals surface area contributed by atoms with Crippen LogP contribution in [0.15, 0.2) is 54.6 Å². The number of primary amides is 1. The zero-order valence-electron chi connectivity index (χ0n) is 33.9. The van der Waals surface area contributed by atoms with E-state index < -0.39 is 114 Å². The summed E-state index contributed by atoms with van der Waals surface area (Å²) in [5, 5.41) is 34.4. The van der Waals surface area contributed by atoms with Crippen LogP contribution >= 0.6 is 0 Å². The van der Waals surface area contributed by atoms with Crippen molar-refractivity contribution in [1.82, 2.24) is 31.9 Å². The van der Waals surface area contributed by atoms with Gasteiger partial charge < -0.3 is 53.6 Å². The molecule has 0 aliphatic carbocycles. The van der Waals surface area contributed by atoms with Crippen LogP contribution in [0.25, 0.3) is 0 Å². The Bertz CT molecular complexity index is 1750. The van der Waals surface area contributed by atoms with Gasteiger partial charge in [0.1, 0.15) is 36.0 Å². The number of phenolic OH excluding ortho intramolecular Hbond substituents is 1. The molecule has 2 aromatic carbocycles. The monoisotopic (exact) mass is 810 g/mol. The lowest BCUT2D eigenvalue weighted by atomic mass is 9.81. The van der Waals surface area contributed by atoms with E-state index in [1.807, 2.05) is 13.8 Å². The molecule has 0 unspecified atom stereocenters. The Hall–Kier alpha value is -6.04. The quantitative estimate of drug-likeness (QED) is 0.0726. The summed E-state index contributed by atoms with van der Waals surface area (Å²) in [6.45, 7) is 11.0. The van der Waals surface area contributed by atoms with Gasteiger partial charge in [-0.2, -0.15) is 0 Å². The van der Waals surface area contributed by atoms with Gasteiger partial charge in [-0.05, 0) is 54.4 Å². The second-order valence-electron chi connectivity index (χ2n) is 15.2. The molecule has 0 saturated heterocycles. The second kappa shape index (κ2) is 22.6. The molecule has 0 aromatic heterocycles. The third-order valence-electron chi connectivity index (χ3n) is 9.27. The zero-order chi connectivity index (χ0) is 43.9. The number of carboxylic acids is 1. The Morgan fingerprint density at radius 1 is 0.603 bits per heavy atom. The summed E-state index contributed by atoms with van der Waals surface area (Å²) in [7, 11) is 0. The van der Waals surface area contributed by atoms with Crippen LogP contribution in [0.5, 0.6) is 5.75 Å². The summed E-state index contributed by atoms with van der Waals surface area (Å²) in [6.07, 6.45) is -0.802. The fourth-order valence-corrected chi connectivity index (χ4v) is 6.10. The molecule has 7 amide bonds. The van der Waals surface area contributed by atoms with Gasteiger partial charge in [-0.1, -0.05) is 84.0 Å². The number of benzene rings is 2. The maximum atomic E-state index is 14.3. The first kappa shape index (κ1) is 48.1. The molecule has 0 saturated carbocycles. The number of carbonyl (C=O) groups is 8. The number of nitrogens with two attached hydrogens (primary N) is 2. The highest BCUT2D eigenvalue weighted by molar-refractivity contribution is 5.98. The van der Waals surface area contributed by atoms with Crippen molar-refractivity contribution in [2.45, 2.75) is 103 Å². The van der Waals surface area contributed by atoms with Crippen molar-refractivity contribution in [3.8, 4) is 5.75 Å². The van der Waals surface area contributed by atoms with Gasteiger partial charge in [0, 0.05) is 5.92 Å². The van der Waals surface area contributed by atoms with Crippen molar-refractivity contribution in [3.63, 3.8) is 0 Å². The first-order valence-electron chi connectivity index (χ1n) is 19.0. The van der Waals surface area contributed by atoms with Crippen molar-refractivity contribution < 1.29 is 48.6 Å². The van der Waals surface area contributed by atoms with E-state index in [9.17, 15) is 48.6 Å². The molecule has 12 N–H and O–H groups in total. The Kier molecular flexibility index (Phi) is 18.8. The van der Waals surface area contributed by atoms with E-state index in [0.29, 0.717) is 11.1 Å². The number of nitrogens with one attached hydrogen (secondary N) is 6. The van der Waals surface area contributed by atoms with Crippen LogP contribution in [0, 0.1) is 17.8 Å². The topological polar surface area (TPSA) is 301 Å². The lowest BCUT2D eigenvalue weighted by molar-refractivity contribution is -0.142. The smallest absolute Gasteiger partial charge is 0.305 e. The van der Waals surface area contributed by atoms with Crippen LogP contribution in [0.4, 0.5) is 0 Å². The largest absolute Gasteiger partial charge is 0.508 e. The van der Waals surface area contributed by atoms with Gasteiger partial charge >= 0.3 is 5.97 Å². The van der Waals surface area contributed by atoms with Gasteiger partial charge in [0.2, 0.25) is 41.4 Å². The number of hydrogen-bond donors (Lipinski definition) is 10. The molecule has 0 radical (unpaired) electrons. The maximum Gasteiger partial charge on any atom is 0.305 e. The van der Waals surface area contributed by atoms with Gasteiger partial charge in [-0.3, -0.25) is 38.4 Å². The highest BCUT2D eigenvalue weighted by atomic mass is 16.4. The SMILES string of the molecule is CC(C)[C@H](NC(=O)[C@H](CC(=O)O)NC(=O)[C@@H](NC(=O)[C@@H](C)NC(=O)[C@@H](N)Cc1ccc(O)cc1)[C@H](c1ccccc1)C(C)C)C(=O)N[C@H](C(=O)NCC(N)=O)C(C)C. The number of carbonyl (C=O) groups excluding carboxylic acids is 7. The molecular weight excluding hydrogens is 752 g/mol. The minimum Gasteiger partial charge on any atom is -0.508 e. The van der Waals surface area contributed by atoms with Crippen LogP contribution in [0.3, 0.4) is 0 Å². The summed E-state index contributed by atoms with van der Waals surface area (Å²) in [6, 6.07) is 7.00. The van der Waals surface area contributed by atoms with Crippen LogP contribution in [-0.2, 0) is 44.8 Å². The van der Waals surface area contributed by atoms with E-state index in [1.54, 1.807) is 70.2 Å². The molecule has 2 aromatic rings. The lowest BCUT2D eigenvalue weighted by Crippen LogP contribution is -2.61. The standard InChI is InChI=1S/C40H58N8O10/c1-20(2)31(25-11-9-8-10-12-25)34(48-35(53)23(7)44-36(54)27(41)17-24-13-15-26(49)16-14-24)40(58)45-28(18-30(51)52)37(55)46-33(22(5)6)39(57)47-32(21(3)4)38(56)43-19-29(42)50/h8-16,20-23,27-28,31-34,49H,17-19,41H2,1-7H3,(H2,42,50)(H,43,56)(H,44,54)(H,45,58)(H,46,55)(H,47,57)(H,48,53)(H,51,52)/t23-,27+,28+,31+,32+,33+,34+/m1/s1. The third kappa shape index (κ3) is 15.1. The number of hydrogen-bond acceptors (Lipinski definition) is 10. The molecule has 0 heterocycles. The summed E-state index contributed by atoms with van der Waals surface area (Å²) >= 11 is 0. The molecule has 18 nitrogen and oxygen atoms in total. The Balaban J connectivity index is 2.37. The van der Waals surface area contributed by atoms with Crippen LogP contribution in [0.2, 0.25) is 0 Å². The predicted molar refractivity (Wildman–Crippen MR) is 213 cm³/mol. The molecule has 0 fully saturated rings. The lowest BCUT2D eigenvalue weighted by Gasteiger charge is -2.33. The molecule has 18 heteroatoms. The third-order valence-corrected chi connectivity index (χ3v) is 9.27. The highest BCUT2D eigenvalue weighted by Crippen LogP contribution is 2.28. The summed E-state index contributed by atoms with van der Waals surface area (Å²) in [5.74, 6) is -9.15. The Morgan fingerprint density at radius 2 is 1.12 bits per heavy atom. The van der Waals surface area contributed by atoms with Gasteiger partial charge in [0.25, 0.3) is 0 Å². The summed E-state index contributed by atoms with van der Waals surface area (Å²) < 4.78 is 0. The molecule has 0 aliphatic heterocycles. The van der Waals surface area contributed by atoms with E-state index in [0.717, 1.165) is 0 Å². The van der Waals surface area contributed by atoms with E-state index >= 15 is 0 Å². The average molecular weight is 811 g/mol. The van der Waals surface area contributed by atoms with Crippen molar-refractivity contribution in [1.29, 1.82) is 0 Å². The van der Waals surface area contributed by atoms with Crippen molar-refractivity contribution in [2.24, 2.45) is 29.2 Å². The molecule has 58 heavy (non-hydrogen) atoms. The minimum atomic E-state index is -1.74. The Morgan fingerprint density at radius 3 is 1.64 bits per heavy atom. The average Bonchev–Trinajstić information content (AvgIpc) is 3.14. The van der Waals surface area contributed by atoms with Crippen LogP contribution in [-0.4, -0.2) is 100 Å². The number of amides is 7. The fraction of sp³-hybridized carbons (Fsp3) is 0.500. The summed E-state index contributed by atoms with van der Waals surface area (Å²) in [5.41, 5.74) is 12.5. The molecule has 318 valence electrons. The van der Waals surface area contributed by atoms with Gasteiger partial charge in [-0.15, -0.1) is 0 Å². The molecule has 0 aliphatic rings. The number of carboxylic acid groups (broad SMARTS) is 1. The van der Waals surface area contributed by atoms with Crippen molar-refractivity contribution >= 4 is 47.3 Å². The fourth-order valence-electron chi connectivity index (χ4n) is 6.10. The predicted octanol–water partition coefficient (Wildman–Crippen LogP) is -0.466. The van der Waals surface area contributed by atoms with Gasteiger partial charge in [0.05, 0.1) is 19.0 Å². The second-order valence-corrected chi connectivity index (χ2v) is 15.2. The van der Waals surface area contributed by atoms with Gasteiger partial charge in [0.15, 0.2) is 0 Å². The van der Waals surface area contributed by atoms with E-state index in [2.05, 4.69) is 31.9 Å². The number of phenols is 1. The summed E-state index contributed by atoms with van der Waals surface area (Å²) in [4.78, 5) is 104. The molecule has 2 rings (SSSR count). The zero-order valence-corrected chi connectivity index (χ0v) is 33.9. The number of rotatable bonds is 22. The number of aliphatic carboxylic acids is 1. The molecule has 0 bridgehead atoms. The first-order chi connectivity index (χ1) is 27.1. The molecule has 7 atom stereocenters. The van der Waals surface area contributed by atoms with Crippen LogP contribution < -0.4 is 43.4 Å². The van der Waals surface area contributed by atoms with Crippen LogP contribution in [0.1, 0.15) is 71.9 Å². The highest BCUT2D eigenvalue weighted by Gasteiger charge is 2.38. The van der Waals surface area contributed by atoms with E-state index in [4.69, 9.17) is 11.5 Å². The number of aromatic hydroxyl groups is 1. The van der Waals surface area contributed by atoms with Gasteiger partial charge in [-0.25, -0.2) is 0 Å². The van der Waals surface area contributed by atoms with E-state index in [1.165, 1.54) is 19.1 Å². The van der Waals surface area contributed by atoms with Crippen molar-refractivity contribution in [3.05, 3.63) is 65.7 Å². The molecular formula is C40H58N8O10. The first-order valence-corrected chi connectivity index (χ1v) is 19.0. The normalized spacial score (nSPS) is 14.8. The van der Waals surface area contributed by atoms with Crippen molar-refractivity contribution in [2.75, 3.05) is 6.54 Å².